The van der Waals surface area contributed by atoms with Crippen LogP contribution in [0.15, 0.2) is 188 Å². The van der Waals surface area contributed by atoms with Crippen LogP contribution in [0, 0.1) is 0 Å². The standard InChI is InChI=1S/C51H43N3/c1-36-14-6-5-11-30-51(2,3)48-34-44(27-28-45(36)48)53(43-19-12-15-38(32-43)40-16-13-31-52-35-40)42-25-22-37(23-26-42)39-24-29-50-47(33-39)46-20-9-10-21-49(46)54(50)41-17-7-4-8-18-41/h4-29,31-36H,30H2,1-3H3/b11-5-,14-6-. The van der Waals surface area contributed by atoms with Gasteiger partial charge in [0.25, 0.3) is 0 Å². The van der Waals surface area contributed by atoms with Gasteiger partial charge in [0.1, 0.15) is 0 Å². The SMILES string of the molecule is CC1/C=C\C=C/CC(C)(C)c2cc(N(c3ccc(-c4ccc5c(c4)c4ccccc4n5-c4ccccc4)cc3)c3cccc(-c4cccnc4)c3)ccc21. The molecule has 1 unspecified atom stereocenters. The highest BCUT2D eigenvalue weighted by Gasteiger charge is 2.26. The van der Waals surface area contributed by atoms with E-state index >= 15 is 0 Å². The zero-order valence-electron chi connectivity index (χ0n) is 31.0. The molecular formula is C51H43N3. The molecule has 2 aromatic heterocycles. The molecule has 8 aromatic rings. The number of pyridine rings is 1. The maximum Gasteiger partial charge on any atom is 0.0541 e. The van der Waals surface area contributed by atoms with Gasteiger partial charge in [0.05, 0.1) is 11.0 Å². The molecule has 262 valence electrons. The summed E-state index contributed by atoms with van der Waals surface area (Å²) >= 11 is 0. The molecule has 0 amide bonds. The van der Waals surface area contributed by atoms with Crippen molar-refractivity contribution in [1.29, 1.82) is 0 Å². The van der Waals surface area contributed by atoms with Crippen LogP contribution >= 0.6 is 0 Å². The molecule has 1 atom stereocenters. The monoisotopic (exact) mass is 697 g/mol. The van der Waals surface area contributed by atoms with E-state index in [-0.39, 0.29) is 5.41 Å². The largest absolute Gasteiger partial charge is 0.310 e. The van der Waals surface area contributed by atoms with Crippen LogP contribution in [0.3, 0.4) is 0 Å². The van der Waals surface area contributed by atoms with Crippen molar-refractivity contribution in [2.75, 3.05) is 4.90 Å². The maximum atomic E-state index is 4.41. The van der Waals surface area contributed by atoms with E-state index in [1.165, 1.54) is 49.7 Å². The van der Waals surface area contributed by atoms with Gasteiger partial charge in [-0.05, 0) is 118 Å². The summed E-state index contributed by atoms with van der Waals surface area (Å²) in [4.78, 5) is 6.81. The van der Waals surface area contributed by atoms with Crippen molar-refractivity contribution in [2.24, 2.45) is 0 Å². The Kier molecular flexibility index (Phi) is 8.56. The van der Waals surface area contributed by atoms with Gasteiger partial charge in [-0.15, -0.1) is 0 Å². The van der Waals surface area contributed by atoms with E-state index in [4.69, 9.17) is 0 Å². The van der Waals surface area contributed by atoms with Crippen LogP contribution in [0.2, 0.25) is 0 Å². The number of nitrogens with zero attached hydrogens (tertiary/aromatic N) is 3. The summed E-state index contributed by atoms with van der Waals surface area (Å²) < 4.78 is 2.37. The van der Waals surface area contributed by atoms with E-state index in [2.05, 4.69) is 205 Å². The summed E-state index contributed by atoms with van der Waals surface area (Å²) in [6, 6.07) is 55.3. The number of fused-ring (bicyclic) bond motifs is 4. The van der Waals surface area contributed by atoms with Crippen molar-refractivity contribution in [3.63, 3.8) is 0 Å². The molecule has 54 heavy (non-hydrogen) atoms. The van der Waals surface area contributed by atoms with Crippen molar-refractivity contribution >= 4 is 38.9 Å². The van der Waals surface area contributed by atoms with E-state index in [1.807, 2.05) is 18.5 Å². The summed E-state index contributed by atoms with van der Waals surface area (Å²) in [6.45, 7) is 7.04. The number of anilines is 3. The first kappa shape index (κ1) is 33.4. The molecule has 1 aliphatic rings. The van der Waals surface area contributed by atoms with E-state index < -0.39 is 0 Å². The predicted molar refractivity (Wildman–Crippen MR) is 228 cm³/mol. The molecule has 0 spiro atoms. The van der Waals surface area contributed by atoms with Gasteiger partial charge < -0.3 is 9.47 Å². The first-order valence-electron chi connectivity index (χ1n) is 18.9. The van der Waals surface area contributed by atoms with Gasteiger partial charge in [-0.25, -0.2) is 0 Å². The van der Waals surface area contributed by atoms with Crippen molar-refractivity contribution in [3.05, 3.63) is 199 Å². The van der Waals surface area contributed by atoms with Crippen LogP contribution in [-0.4, -0.2) is 9.55 Å². The lowest BCUT2D eigenvalue weighted by Crippen LogP contribution is -2.20. The zero-order valence-corrected chi connectivity index (χ0v) is 31.0. The fourth-order valence-electron chi connectivity index (χ4n) is 8.17. The molecule has 0 fully saturated rings. The molecule has 0 radical (unpaired) electrons. The number of allylic oxidation sites excluding steroid dienone is 4. The molecule has 0 saturated heterocycles. The number of hydrogen-bond acceptors (Lipinski definition) is 2. The molecule has 1 aliphatic carbocycles. The minimum absolute atomic E-state index is 0.0303. The minimum atomic E-state index is -0.0303. The third-order valence-corrected chi connectivity index (χ3v) is 11.0. The normalized spacial score (nSPS) is 16.2. The second-order valence-electron chi connectivity index (χ2n) is 15.1. The molecule has 9 rings (SSSR count). The number of rotatable bonds is 6. The summed E-state index contributed by atoms with van der Waals surface area (Å²) in [6.07, 6.45) is 13.7. The van der Waals surface area contributed by atoms with Gasteiger partial charge in [-0.3, -0.25) is 4.98 Å². The third kappa shape index (κ3) is 6.12. The molecule has 3 nitrogen and oxygen atoms in total. The molecule has 0 aliphatic heterocycles. The lowest BCUT2D eigenvalue weighted by Gasteiger charge is -2.32. The second kappa shape index (κ2) is 13.8. The molecular weight excluding hydrogens is 655 g/mol. The summed E-state index contributed by atoms with van der Waals surface area (Å²) in [7, 11) is 0. The topological polar surface area (TPSA) is 21.1 Å². The lowest BCUT2D eigenvalue weighted by molar-refractivity contribution is 0.527. The number of hydrogen-bond donors (Lipinski definition) is 0. The zero-order chi connectivity index (χ0) is 36.6. The third-order valence-electron chi connectivity index (χ3n) is 11.0. The van der Waals surface area contributed by atoms with Gasteiger partial charge in [0, 0.05) is 51.5 Å². The quantitative estimate of drug-likeness (QED) is 0.172. The lowest BCUT2D eigenvalue weighted by atomic mass is 9.76. The number of benzene rings is 6. The fourth-order valence-corrected chi connectivity index (χ4v) is 8.17. The Morgan fingerprint density at radius 2 is 1.31 bits per heavy atom. The Bertz CT molecular complexity index is 2660. The van der Waals surface area contributed by atoms with E-state index in [9.17, 15) is 0 Å². The van der Waals surface area contributed by atoms with Gasteiger partial charge in [-0.1, -0.05) is 124 Å². The van der Waals surface area contributed by atoms with Crippen LogP contribution in [0.25, 0.3) is 49.7 Å². The first-order valence-corrected chi connectivity index (χ1v) is 18.9. The Morgan fingerprint density at radius 1 is 0.593 bits per heavy atom. The summed E-state index contributed by atoms with van der Waals surface area (Å²) in [5.41, 5.74) is 14.3. The van der Waals surface area contributed by atoms with Crippen LogP contribution in [0.4, 0.5) is 17.1 Å². The molecule has 3 heteroatoms. The Balaban J connectivity index is 1.16. The van der Waals surface area contributed by atoms with Crippen LogP contribution < -0.4 is 4.90 Å². The van der Waals surface area contributed by atoms with E-state index in [1.54, 1.807) is 0 Å². The average Bonchev–Trinajstić information content (AvgIpc) is 3.57. The predicted octanol–water partition coefficient (Wildman–Crippen LogP) is 13.9. The molecule has 0 bridgehead atoms. The Labute approximate surface area is 318 Å². The summed E-state index contributed by atoms with van der Waals surface area (Å²) in [5, 5.41) is 2.51. The second-order valence-corrected chi connectivity index (χ2v) is 15.1. The molecule has 0 N–H and O–H groups in total. The Hall–Kier alpha value is -6.45. The summed E-state index contributed by atoms with van der Waals surface area (Å²) in [5.74, 6) is 0.316. The van der Waals surface area contributed by atoms with E-state index in [0.29, 0.717) is 5.92 Å². The van der Waals surface area contributed by atoms with Crippen molar-refractivity contribution in [2.45, 2.75) is 38.5 Å². The maximum absolute atomic E-state index is 4.41. The fraction of sp³-hybridized carbons (Fsp3) is 0.118. The van der Waals surface area contributed by atoms with Gasteiger partial charge in [0.15, 0.2) is 0 Å². The highest BCUT2D eigenvalue weighted by atomic mass is 15.1. The molecule has 6 aromatic carbocycles. The van der Waals surface area contributed by atoms with Crippen LogP contribution in [0.5, 0.6) is 0 Å². The molecule has 0 saturated carbocycles. The van der Waals surface area contributed by atoms with Crippen LogP contribution in [-0.2, 0) is 5.41 Å². The minimum Gasteiger partial charge on any atom is -0.310 e. The first-order chi connectivity index (χ1) is 26.4. The van der Waals surface area contributed by atoms with Gasteiger partial charge in [-0.2, -0.15) is 0 Å². The van der Waals surface area contributed by atoms with Crippen molar-refractivity contribution in [1.82, 2.24) is 9.55 Å². The van der Waals surface area contributed by atoms with Crippen molar-refractivity contribution in [3.8, 4) is 27.9 Å². The van der Waals surface area contributed by atoms with E-state index in [0.717, 1.165) is 34.6 Å². The van der Waals surface area contributed by atoms with Crippen molar-refractivity contribution < 1.29 is 0 Å². The highest BCUT2D eigenvalue weighted by Crippen LogP contribution is 2.43. The molecule has 2 heterocycles. The van der Waals surface area contributed by atoms with Crippen LogP contribution in [0.1, 0.15) is 44.2 Å². The van der Waals surface area contributed by atoms with Gasteiger partial charge >= 0.3 is 0 Å². The Morgan fingerprint density at radius 3 is 2.15 bits per heavy atom. The average molecular weight is 698 g/mol. The number of aromatic nitrogens is 2. The van der Waals surface area contributed by atoms with Gasteiger partial charge in [0.2, 0.25) is 0 Å². The smallest absolute Gasteiger partial charge is 0.0541 e. The number of para-hydroxylation sites is 2. The highest BCUT2D eigenvalue weighted by molar-refractivity contribution is 6.10.